The van der Waals surface area contributed by atoms with Gasteiger partial charge in [0.25, 0.3) is 0 Å². The molecule has 1 unspecified atom stereocenters. The van der Waals surface area contributed by atoms with Crippen LogP contribution in [0.5, 0.6) is 0 Å². The molecule has 1 heterocycles. The fraction of sp³-hybridized carbons (Fsp3) is 1.00. The molecule has 0 amide bonds. The lowest BCUT2D eigenvalue weighted by atomic mass is 9.73. The van der Waals surface area contributed by atoms with Crippen LogP contribution in [0, 0.1) is 5.41 Å². The van der Waals surface area contributed by atoms with Gasteiger partial charge in [0.05, 0.1) is 13.2 Å². The molecule has 0 radical (unpaired) electrons. The highest BCUT2D eigenvalue weighted by Crippen LogP contribution is 2.36. The monoisotopic (exact) mass is 226 g/mol. The van der Waals surface area contributed by atoms with Gasteiger partial charge in [-0.2, -0.15) is 0 Å². The lowest BCUT2D eigenvalue weighted by Crippen LogP contribution is -2.51. The van der Waals surface area contributed by atoms with E-state index >= 15 is 0 Å². The number of nitrogens with zero attached hydrogens (tertiary/aromatic N) is 1. The van der Waals surface area contributed by atoms with Crippen LogP contribution in [0.2, 0.25) is 0 Å². The molecule has 0 aromatic carbocycles. The Bertz CT molecular complexity index is 214. The summed E-state index contributed by atoms with van der Waals surface area (Å²) in [6.45, 7) is 7.19. The average Bonchev–Trinajstić information content (AvgIpc) is 2.33. The summed E-state index contributed by atoms with van der Waals surface area (Å²) < 4.78 is 5.49. The zero-order valence-electron chi connectivity index (χ0n) is 10.6. The molecule has 2 aliphatic rings. The van der Waals surface area contributed by atoms with E-state index in [1.54, 1.807) is 0 Å². The summed E-state index contributed by atoms with van der Waals surface area (Å²) in [5.41, 5.74) is 6.45. The van der Waals surface area contributed by atoms with Gasteiger partial charge in [0.2, 0.25) is 0 Å². The Morgan fingerprint density at radius 2 is 2.06 bits per heavy atom. The van der Waals surface area contributed by atoms with Gasteiger partial charge in [0.15, 0.2) is 0 Å². The average molecular weight is 226 g/mol. The van der Waals surface area contributed by atoms with E-state index in [-0.39, 0.29) is 0 Å². The molecule has 16 heavy (non-hydrogen) atoms. The number of nitrogens with two attached hydrogens (primary N) is 1. The molecule has 94 valence electrons. The second-order valence-electron chi connectivity index (χ2n) is 5.66. The smallest absolute Gasteiger partial charge is 0.0619 e. The van der Waals surface area contributed by atoms with Crippen molar-refractivity contribution in [3.63, 3.8) is 0 Å². The van der Waals surface area contributed by atoms with Gasteiger partial charge in [-0.15, -0.1) is 0 Å². The normalized spacial score (nSPS) is 31.5. The van der Waals surface area contributed by atoms with Gasteiger partial charge in [-0.3, -0.25) is 4.90 Å². The molecule has 3 heteroatoms. The third-order valence-electron chi connectivity index (χ3n) is 4.39. The third kappa shape index (κ3) is 2.76. The van der Waals surface area contributed by atoms with Gasteiger partial charge in [-0.1, -0.05) is 19.3 Å². The van der Waals surface area contributed by atoms with Gasteiger partial charge < -0.3 is 10.5 Å². The maximum absolute atomic E-state index is 6.04. The molecule has 2 N–H and O–H groups in total. The highest BCUT2D eigenvalue weighted by atomic mass is 16.5. The van der Waals surface area contributed by atoms with E-state index in [9.17, 15) is 0 Å². The molecule has 2 fully saturated rings. The summed E-state index contributed by atoms with van der Waals surface area (Å²) in [5.74, 6) is 0. The second kappa shape index (κ2) is 5.48. The highest BCUT2D eigenvalue weighted by molar-refractivity contribution is 4.88. The minimum atomic E-state index is 0.407. The van der Waals surface area contributed by atoms with E-state index in [1.807, 2.05) is 0 Å². The summed E-state index contributed by atoms with van der Waals surface area (Å²) in [7, 11) is 0. The largest absolute Gasteiger partial charge is 0.379 e. The van der Waals surface area contributed by atoms with Gasteiger partial charge in [-0.25, -0.2) is 0 Å². The minimum Gasteiger partial charge on any atom is -0.379 e. The molecule has 1 saturated heterocycles. The Morgan fingerprint density at radius 3 is 2.69 bits per heavy atom. The van der Waals surface area contributed by atoms with E-state index in [0.29, 0.717) is 11.5 Å². The van der Waals surface area contributed by atoms with Crippen LogP contribution >= 0.6 is 0 Å². The van der Waals surface area contributed by atoms with Crippen LogP contribution in [0.3, 0.4) is 0 Å². The Balaban J connectivity index is 1.93. The van der Waals surface area contributed by atoms with Gasteiger partial charge >= 0.3 is 0 Å². The molecule has 0 aromatic heterocycles. The molecular weight excluding hydrogens is 200 g/mol. The maximum Gasteiger partial charge on any atom is 0.0619 e. The van der Waals surface area contributed by atoms with Crippen LogP contribution in [0.4, 0.5) is 0 Å². The van der Waals surface area contributed by atoms with Crippen LogP contribution in [0.1, 0.15) is 39.0 Å². The first kappa shape index (κ1) is 12.3. The summed E-state index contributed by atoms with van der Waals surface area (Å²) in [6.07, 6.45) is 6.80. The zero-order valence-corrected chi connectivity index (χ0v) is 10.6. The molecule has 2 rings (SSSR count). The Kier molecular flexibility index (Phi) is 4.22. The summed E-state index contributed by atoms with van der Waals surface area (Å²) in [5, 5.41) is 0. The van der Waals surface area contributed by atoms with Crippen molar-refractivity contribution in [2.75, 3.05) is 32.8 Å². The molecule has 1 aliphatic heterocycles. The van der Waals surface area contributed by atoms with Crippen molar-refractivity contribution in [2.24, 2.45) is 11.1 Å². The van der Waals surface area contributed by atoms with Crippen molar-refractivity contribution >= 4 is 0 Å². The highest BCUT2D eigenvalue weighted by Gasteiger charge is 2.34. The van der Waals surface area contributed by atoms with Gasteiger partial charge in [0.1, 0.15) is 0 Å². The van der Waals surface area contributed by atoms with E-state index in [0.717, 1.165) is 26.3 Å². The first-order chi connectivity index (χ1) is 7.76. The molecule has 0 aromatic rings. The third-order valence-corrected chi connectivity index (χ3v) is 4.39. The summed E-state index contributed by atoms with van der Waals surface area (Å²) >= 11 is 0. The maximum atomic E-state index is 6.04. The van der Waals surface area contributed by atoms with E-state index in [4.69, 9.17) is 10.5 Å². The van der Waals surface area contributed by atoms with Crippen LogP contribution < -0.4 is 5.73 Å². The number of morpholine rings is 1. The van der Waals surface area contributed by atoms with Crippen molar-refractivity contribution in [1.29, 1.82) is 0 Å². The number of ether oxygens (including phenoxy) is 1. The van der Waals surface area contributed by atoms with E-state index < -0.39 is 0 Å². The molecule has 1 aliphatic carbocycles. The summed E-state index contributed by atoms with van der Waals surface area (Å²) in [4.78, 5) is 2.58. The molecular formula is C13H26N2O. The molecule has 1 saturated carbocycles. The van der Waals surface area contributed by atoms with Crippen molar-refractivity contribution < 1.29 is 4.74 Å². The fourth-order valence-corrected chi connectivity index (χ4v) is 3.16. The summed E-state index contributed by atoms with van der Waals surface area (Å²) in [6, 6.07) is 0.569. The Morgan fingerprint density at radius 1 is 1.31 bits per heavy atom. The van der Waals surface area contributed by atoms with Crippen molar-refractivity contribution in [2.45, 2.75) is 45.1 Å². The Labute approximate surface area is 99.3 Å². The SMILES string of the molecule is CC1COCCN1CC1(CN)CCCCC1. The van der Waals surface area contributed by atoms with E-state index in [2.05, 4.69) is 11.8 Å². The topological polar surface area (TPSA) is 38.5 Å². The van der Waals surface area contributed by atoms with Crippen molar-refractivity contribution in [3.05, 3.63) is 0 Å². The molecule has 0 spiro atoms. The molecule has 1 atom stereocenters. The van der Waals surface area contributed by atoms with E-state index in [1.165, 1.54) is 38.6 Å². The van der Waals surface area contributed by atoms with Crippen LogP contribution in [0.25, 0.3) is 0 Å². The number of hydrogen-bond donors (Lipinski definition) is 1. The first-order valence-corrected chi connectivity index (χ1v) is 6.78. The zero-order chi connectivity index (χ0) is 11.4. The van der Waals surface area contributed by atoms with Crippen LogP contribution in [-0.2, 0) is 4.74 Å². The molecule has 3 nitrogen and oxygen atoms in total. The number of hydrogen-bond acceptors (Lipinski definition) is 3. The van der Waals surface area contributed by atoms with Gasteiger partial charge in [-0.05, 0) is 31.7 Å². The van der Waals surface area contributed by atoms with Gasteiger partial charge in [0, 0.05) is 19.1 Å². The standard InChI is InChI=1S/C13H26N2O/c1-12-9-16-8-7-15(12)11-13(10-14)5-3-2-4-6-13/h12H,2-11,14H2,1H3. The van der Waals surface area contributed by atoms with Crippen LogP contribution in [0.15, 0.2) is 0 Å². The lowest BCUT2D eigenvalue weighted by Gasteiger charge is -2.43. The second-order valence-corrected chi connectivity index (χ2v) is 5.66. The minimum absolute atomic E-state index is 0.407. The van der Waals surface area contributed by atoms with Crippen molar-refractivity contribution in [3.8, 4) is 0 Å². The fourth-order valence-electron chi connectivity index (χ4n) is 3.16. The van der Waals surface area contributed by atoms with Crippen LogP contribution in [-0.4, -0.2) is 43.8 Å². The quantitative estimate of drug-likeness (QED) is 0.794. The molecule has 0 bridgehead atoms. The Hall–Kier alpha value is -0.120. The lowest BCUT2D eigenvalue weighted by molar-refractivity contribution is -0.0254. The van der Waals surface area contributed by atoms with Crippen molar-refractivity contribution in [1.82, 2.24) is 4.90 Å². The first-order valence-electron chi connectivity index (χ1n) is 6.78. The predicted octanol–water partition coefficient (Wildman–Crippen LogP) is 1.62. The number of rotatable bonds is 3. The predicted molar refractivity (Wildman–Crippen MR) is 66.4 cm³/mol.